The Bertz CT molecular complexity index is 613. The quantitative estimate of drug-likeness (QED) is 0.752. The zero-order chi connectivity index (χ0) is 15.2. The highest BCUT2D eigenvalue weighted by Gasteiger charge is 2.04. The molecule has 0 bridgehead atoms. The highest BCUT2D eigenvalue weighted by Crippen LogP contribution is 2.21. The lowest BCUT2D eigenvalue weighted by atomic mass is 10.2. The normalized spacial score (nSPS) is 10.6. The third-order valence-electron chi connectivity index (χ3n) is 2.63. The number of amides is 1. The summed E-state index contributed by atoms with van der Waals surface area (Å²) in [5.74, 6) is -0.0679. The van der Waals surface area contributed by atoms with E-state index in [0.29, 0.717) is 23.1 Å². The predicted octanol–water partition coefficient (Wildman–Crippen LogP) is 4.22. The summed E-state index contributed by atoms with van der Waals surface area (Å²) >= 11 is 16.9. The van der Waals surface area contributed by atoms with Crippen molar-refractivity contribution < 1.29 is 4.79 Å². The van der Waals surface area contributed by atoms with Crippen molar-refractivity contribution in [2.75, 3.05) is 6.54 Å². The number of thiophene rings is 1. The van der Waals surface area contributed by atoms with Gasteiger partial charge in [-0.15, -0.1) is 11.3 Å². The van der Waals surface area contributed by atoms with Crippen LogP contribution in [0.5, 0.6) is 0 Å². The van der Waals surface area contributed by atoms with Gasteiger partial charge in [-0.3, -0.25) is 4.79 Å². The van der Waals surface area contributed by atoms with Crippen molar-refractivity contribution in [3.05, 3.63) is 54.6 Å². The lowest BCUT2D eigenvalue weighted by Gasteiger charge is -2.07. The topological polar surface area (TPSA) is 41.1 Å². The van der Waals surface area contributed by atoms with E-state index in [9.17, 15) is 4.79 Å². The highest BCUT2D eigenvalue weighted by molar-refractivity contribution is 9.11. The summed E-state index contributed by atoms with van der Waals surface area (Å²) in [4.78, 5) is 12.9. The van der Waals surface area contributed by atoms with Crippen LogP contribution < -0.4 is 10.6 Å². The zero-order valence-corrected chi connectivity index (χ0v) is 14.9. The second kappa shape index (κ2) is 8.15. The Labute approximate surface area is 145 Å². The SMILES string of the molecule is O=C(CNCc1ccc(Br)s1)NCc1cc(Cl)cc(Cl)c1. The van der Waals surface area contributed by atoms with Gasteiger partial charge in [-0.2, -0.15) is 0 Å². The molecule has 1 amide bonds. The van der Waals surface area contributed by atoms with Crippen molar-refractivity contribution in [3.8, 4) is 0 Å². The molecule has 1 aromatic heterocycles. The summed E-state index contributed by atoms with van der Waals surface area (Å²) in [6, 6.07) is 9.24. The van der Waals surface area contributed by atoms with Crippen LogP contribution in [-0.4, -0.2) is 12.5 Å². The number of hydrogen-bond donors (Lipinski definition) is 2. The molecule has 7 heteroatoms. The number of rotatable bonds is 6. The summed E-state index contributed by atoms with van der Waals surface area (Å²) in [5.41, 5.74) is 0.878. The van der Waals surface area contributed by atoms with Gasteiger partial charge >= 0.3 is 0 Å². The van der Waals surface area contributed by atoms with E-state index >= 15 is 0 Å². The Kier molecular flexibility index (Phi) is 6.51. The summed E-state index contributed by atoms with van der Waals surface area (Å²) in [6.07, 6.45) is 0. The van der Waals surface area contributed by atoms with Crippen molar-refractivity contribution in [1.29, 1.82) is 0 Å². The van der Waals surface area contributed by atoms with Gasteiger partial charge < -0.3 is 10.6 Å². The van der Waals surface area contributed by atoms with Crippen LogP contribution in [0.2, 0.25) is 10.0 Å². The van der Waals surface area contributed by atoms with Gasteiger partial charge in [0.1, 0.15) is 0 Å². The highest BCUT2D eigenvalue weighted by atomic mass is 79.9. The van der Waals surface area contributed by atoms with Crippen LogP contribution in [0.3, 0.4) is 0 Å². The van der Waals surface area contributed by atoms with Gasteiger partial charge in [-0.1, -0.05) is 23.2 Å². The van der Waals surface area contributed by atoms with Crippen molar-refractivity contribution in [1.82, 2.24) is 10.6 Å². The molecule has 2 rings (SSSR count). The molecule has 0 atom stereocenters. The standard InChI is InChI=1S/C14H13BrCl2N2OS/c15-13-2-1-12(21-13)7-18-8-14(20)19-6-9-3-10(16)5-11(17)4-9/h1-5,18H,6-8H2,(H,19,20). The molecule has 1 aromatic carbocycles. The summed E-state index contributed by atoms with van der Waals surface area (Å²) < 4.78 is 1.08. The molecule has 0 aliphatic rings. The van der Waals surface area contributed by atoms with Crippen LogP contribution in [0.15, 0.2) is 34.1 Å². The predicted molar refractivity (Wildman–Crippen MR) is 92.0 cm³/mol. The zero-order valence-electron chi connectivity index (χ0n) is 11.0. The molecule has 0 aliphatic heterocycles. The van der Waals surface area contributed by atoms with Crippen LogP contribution >= 0.6 is 50.5 Å². The molecule has 3 nitrogen and oxygen atoms in total. The molecule has 1 heterocycles. The number of benzene rings is 1. The Balaban J connectivity index is 1.72. The number of carbonyl (C=O) groups excluding carboxylic acids is 1. The third kappa shape index (κ3) is 5.96. The van der Waals surface area contributed by atoms with Crippen LogP contribution in [0.1, 0.15) is 10.4 Å². The number of halogens is 3. The smallest absolute Gasteiger partial charge is 0.234 e. The molecule has 0 spiro atoms. The lowest BCUT2D eigenvalue weighted by molar-refractivity contribution is -0.120. The van der Waals surface area contributed by atoms with Crippen LogP contribution in [0.4, 0.5) is 0 Å². The fourth-order valence-electron chi connectivity index (χ4n) is 1.72. The average molecular weight is 408 g/mol. The van der Waals surface area contributed by atoms with E-state index < -0.39 is 0 Å². The van der Waals surface area contributed by atoms with Gasteiger partial charge in [-0.25, -0.2) is 0 Å². The monoisotopic (exact) mass is 406 g/mol. The minimum Gasteiger partial charge on any atom is -0.351 e. The summed E-state index contributed by atoms with van der Waals surface area (Å²) in [7, 11) is 0. The molecular weight excluding hydrogens is 395 g/mol. The largest absolute Gasteiger partial charge is 0.351 e. The molecule has 0 aliphatic carbocycles. The Morgan fingerprint density at radius 3 is 2.48 bits per heavy atom. The third-order valence-corrected chi connectivity index (χ3v) is 4.69. The van der Waals surface area contributed by atoms with E-state index in [-0.39, 0.29) is 12.5 Å². The van der Waals surface area contributed by atoms with E-state index in [4.69, 9.17) is 23.2 Å². The number of nitrogens with one attached hydrogen (secondary N) is 2. The molecule has 0 fully saturated rings. The maximum Gasteiger partial charge on any atom is 0.234 e. The van der Waals surface area contributed by atoms with Gasteiger partial charge in [0.2, 0.25) is 5.91 Å². The van der Waals surface area contributed by atoms with E-state index in [1.165, 1.54) is 4.88 Å². The first-order chi connectivity index (χ1) is 10.0. The molecule has 0 radical (unpaired) electrons. The Hall–Kier alpha value is -0.590. The van der Waals surface area contributed by atoms with Crippen molar-refractivity contribution >= 4 is 56.4 Å². The van der Waals surface area contributed by atoms with Gasteiger partial charge in [0.05, 0.1) is 10.3 Å². The van der Waals surface area contributed by atoms with Gasteiger partial charge in [-0.05, 0) is 51.8 Å². The first kappa shape index (κ1) is 16.8. The fourth-order valence-corrected chi connectivity index (χ4v) is 3.75. The minimum atomic E-state index is -0.0679. The number of hydrogen-bond acceptors (Lipinski definition) is 3. The second-order valence-electron chi connectivity index (χ2n) is 4.36. The van der Waals surface area contributed by atoms with E-state index in [1.54, 1.807) is 29.5 Å². The average Bonchev–Trinajstić information content (AvgIpc) is 2.81. The minimum absolute atomic E-state index is 0.0679. The number of carbonyl (C=O) groups is 1. The first-order valence-electron chi connectivity index (χ1n) is 6.19. The molecule has 0 saturated heterocycles. The summed E-state index contributed by atoms with van der Waals surface area (Å²) in [5, 5.41) is 7.05. The molecule has 2 N–H and O–H groups in total. The van der Waals surface area contributed by atoms with Crippen LogP contribution in [0, 0.1) is 0 Å². The van der Waals surface area contributed by atoms with Gasteiger partial charge in [0, 0.05) is 28.0 Å². The van der Waals surface area contributed by atoms with E-state index in [0.717, 1.165) is 9.35 Å². The van der Waals surface area contributed by atoms with Crippen LogP contribution in [-0.2, 0) is 17.9 Å². The van der Waals surface area contributed by atoms with Gasteiger partial charge in [0.25, 0.3) is 0 Å². The van der Waals surface area contributed by atoms with E-state index in [2.05, 4.69) is 26.6 Å². The van der Waals surface area contributed by atoms with E-state index in [1.807, 2.05) is 12.1 Å². The molecule has 2 aromatic rings. The van der Waals surface area contributed by atoms with Crippen molar-refractivity contribution in [3.63, 3.8) is 0 Å². The Morgan fingerprint density at radius 1 is 1.14 bits per heavy atom. The van der Waals surface area contributed by atoms with Gasteiger partial charge in [0.15, 0.2) is 0 Å². The van der Waals surface area contributed by atoms with Crippen LogP contribution in [0.25, 0.3) is 0 Å². The lowest BCUT2D eigenvalue weighted by Crippen LogP contribution is -2.33. The Morgan fingerprint density at radius 2 is 1.86 bits per heavy atom. The summed E-state index contributed by atoms with van der Waals surface area (Å²) in [6.45, 7) is 1.35. The first-order valence-corrected chi connectivity index (χ1v) is 8.56. The maximum atomic E-state index is 11.7. The fraction of sp³-hybridized carbons (Fsp3) is 0.214. The van der Waals surface area contributed by atoms with Crippen molar-refractivity contribution in [2.24, 2.45) is 0 Å². The second-order valence-corrected chi connectivity index (χ2v) is 7.78. The maximum absolute atomic E-state index is 11.7. The molecular formula is C14H13BrCl2N2OS. The molecule has 21 heavy (non-hydrogen) atoms. The molecule has 0 unspecified atom stereocenters. The molecule has 112 valence electrons. The molecule has 0 saturated carbocycles. The van der Waals surface area contributed by atoms with Crippen molar-refractivity contribution in [2.45, 2.75) is 13.1 Å².